The van der Waals surface area contributed by atoms with Crippen molar-refractivity contribution in [1.29, 1.82) is 0 Å². The number of nitrogens with one attached hydrogen (secondary N) is 1. The van der Waals surface area contributed by atoms with E-state index < -0.39 is 0 Å². The van der Waals surface area contributed by atoms with Crippen LogP contribution in [0.1, 0.15) is 71.1 Å². The van der Waals surface area contributed by atoms with Crippen LogP contribution >= 0.6 is 0 Å². The van der Waals surface area contributed by atoms with Crippen LogP contribution in [0.15, 0.2) is 0 Å². The van der Waals surface area contributed by atoms with Crippen LogP contribution < -0.4 is 5.32 Å². The van der Waals surface area contributed by atoms with Crippen LogP contribution in [0.3, 0.4) is 0 Å². The Balaban J connectivity index is 1.67. The summed E-state index contributed by atoms with van der Waals surface area (Å²) in [5.74, 6) is 3.26. The van der Waals surface area contributed by atoms with Gasteiger partial charge in [-0.05, 0) is 93.9 Å². The zero-order valence-corrected chi connectivity index (χ0v) is 12.9. The molecule has 19 heavy (non-hydrogen) atoms. The Labute approximate surface area is 118 Å². The molecule has 5 aliphatic carbocycles. The highest BCUT2D eigenvalue weighted by Crippen LogP contribution is 2.69. The quantitative estimate of drug-likeness (QED) is 0.795. The Morgan fingerprint density at radius 1 is 1.00 bits per heavy atom. The van der Waals surface area contributed by atoms with Gasteiger partial charge in [0, 0.05) is 6.04 Å². The van der Waals surface area contributed by atoms with Crippen LogP contribution in [0.4, 0.5) is 0 Å². The van der Waals surface area contributed by atoms with E-state index in [2.05, 4.69) is 19.3 Å². The lowest BCUT2D eigenvalue weighted by molar-refractivity contribution is -0.146. The van der Waals surface area contributed by atoms with E-state index in [9.17, 15) is 0 Å². The molecule has 0 aromatic carbocycles. The molecular formula is C18H31N. The monoisotopic (exact) mass is 261 g/mol. The first-order chi connectivity index (χ1) is 9.16. The van der Waals surface area contributed by atoms with Crippen molar-refractivity contribution >= 4 is 0 Å². The maximum absolute atomic E-state index is 3.63. The summed E-state index contributed by atoms with van der Waals surface area (Å²) in [5.41, 5.74) is 1.45. The molecule has 5 saturated carbocycles. The second-order valence-electron chi connectivity index (χ2n) is 8.68. The first-order valence-electron chi connectivity index (χ1n) is 8.83. The Morgan fingerprint density at radius 2 is 1.63 bits per heavy atom. The van der Waals surface area contributed by atoms with Crippen molar-refractivity contribution in [2.45, 2.75) is 77.2 Å². The van der Waals surface area contributed by atoms with Gasteiger partial charge >= 0.3 is 0 Å². The van der Waals surface area contributed by atoms with Gasteiger partial charge in [0.1, 0.15) is 0 Å². The van der Waals surface area contributed by atoms with Gasteiger partial charge in [0.25, 0.3) is 0 Å². The van der Waals surface area contributed by atoms with Gasteiger partial charge in [0.05, 0.1) is 0 Å². The molecule has 1 nitrogen and oxygen atoms in total. The van der Waals surface area contributed by atoms with Gasteiger partial charge in [-0.15, -0.1) is 0 Å². The number of rotatable bonds is 3. The zero-order chi connectivity index (χ0) is 13.1. The van der Waals surface area contributed by atoms with Crippen LogP contribution in [0.5, 0.6) is 0 Å². The van der Waals surface area contributed by atoms with Gasteiger partial charge < -0.3 is 5.32 Å². The third kappa shape index (κ3) is 1.76. The van der Waals surface area contributed by atoms with Crippen molar-refractivity contribution in [3.63, 3.8) is 0 Å². The zero-order valence-electron chi connectivity index (χ0n) is 12.9. The highest BCUT2D eigenvalue weighted by atomic mass is 14.9. The molecule has 3 unspecified atom stereocenters. The topological polar surface area (TPSA) is 12.0 Å². The Hall–Kier alpha value is -0.0400. The minimum absolute atomic E-state index is 0.668. The summed E-state index contributed by atoms with van der Waals surface area (Å²) in [6.07, 6.45) is 15.6. The summed E-state index contributed by atoms with van der Waals surface area (Å²) >= 11 is 0. The molecule has 0 radical (unpaired) electrons. The molecule has 1 heteroatoms. The molecule has 5 fully saturated rings. The van der Waals surface area contributed by atoms with E-state index in [0.29, 0.717) is 5.41 Å². The number of hydrogen-bond donors (Lipinski definition) is 1. The molecule has 0 aliphatic heterocycles. The summed E-state index contributed by atoms with van der Waals surface area (Å²) in [4.78, 5) is 0. The highest BCUT2D eigenvalue weighted by Gasteiger charge is 2.60. The molecule has 5 aliphatic rings. The molecule has 0 amide bonds. The van der Waals surface area contributed by atoms with E-state index in [1.165, 1.54) is 12.8 Å². The van der Waals surface area contributed by atoms with Crippen molar-refractivity contribution in [3.05, 3.63) is 0 Å². The highest BCUT2D eigenvalue weighted by molar-refractivity contribution is 5.12. The first kappa shape index (κ1) is 12.7. The van der Waals surface area contributed by atoms with Gasteiger partial charge in [0.2, 0.25) is 0 Å². The Morgan fingerprint density at radius 3 is 2.21 bits per heavy atom. The average Bonchev–Trinajstić information content (AvgIpc) is 2.90. The molecule has 1 N–H and O–H groups in total. The standard InChI is InChI=1S/C18H31N/c1-13(19-2)17-8-14-7-15(9-17)11-18(10-14,12-17)16-5-3-4-6-16/h13-16,19H,3-12H2,1-2H3. The molecule has 0 aromatic heterocycles. The lowest BCUT2D eigenvalue weighted by Crippen LogP contribution is -2.59. The number of hydrogen-bond acceptors (Lipinski definition) is 1. The van der Waals surface area contributed by atoms with E-state index in [1.807, 2.05) is 0 Å². The van der Waals surface area contributed by atoms with E-state index in [-0.39, 0.29) is 0 Å². The molecule has 108 valence electrons. The fourth-order valence-electron chi connectivity index (χ4n) is 7.23. The van der Waals surface area contributed by atoms with E-state index in [0.717, 1.165) is 29.2 Å². The van der Waals surface area contributed by atoms with Gasteiger partial charge in [-0.2, -0.15) is 0 Å². The lowest BCUT2D eigenvalue weighted by atomic mass is 9.40. The van der Waals surface area contributed by atoms with E-state index in [1.54, 1.807) is 51.4 Å². The molecule has 0 aromatic rings. The smallest absolute Gasteiger partial charge is 0.00926 e. The largest absolute Gasteiger partial charge is 0.317 e. The maximum atomic E-state index is 3.63. The second-order valence-corrected chi connectivity index (χ2v) is 8.68. The van der Waals surface area contributed by atoms with Crippen LogP contribution in [0.2, 0.25) is 0 Å². The molecule has 0 saturated heterocycles. The Kier molecular flexibility index (Phi) is 2.82. The van der Waals surface area contributed by atoms with Gasteiger partial charge in [-0.25, -0.2) is 0 Å². The van der Waals surface area contributed by atoms with Crippen LogP contribution in [-0.4, -0.2) is 13.1 Å². The minimum Gasteiger partial charge on any atom is -0.317 e. The van der Waals surface area contributed by atoms with Crippen LogP contribution in [0.25, 0.3) is 0 Å². The van der Waals surface area contributed by atoms with Crippen molar-refractivity contribution in [1.82, 2.24) is 5.32 Å². The van der Waals surface area contributed by atoms with E-state index in [4.69, 9.17) is 0 Å². The summed E-state index contributed by atoms with van der Waals surface area (Å²) in [6, 6.07) is 0.735. The second kappa shape index (κ2) is 4.23. The molecule has 5 rings (SSSR count). The lowest BCUT2D eigenvalue weighted by Gasteiger charge is -2.65. The normalized spacial score (nSPS) is 50.8. The summed E-state index contributed by atoms with van der Waals surface area (Å²) in [7, 11) is 2.19. The van der Waals surface area contributed by atoms with Gasteiger partial charge in [0.15, 0.2) is 0 Å². The predicted molar refractivity (Wildman–Crippen MR) is 80.0 cm³/mol. The van der Waals surface area contributed by atoms with Gasteiger partial charge in [-0.1, -0.05) is 12.8 Å². The Bertz CT molecular complexity index is 341. The average molecular weight is 261 g/mol. The fourth-order valence-corrected chi connectivity index (χ4v) is 7.23. The van der Waals surface area contributed by atoms with Crippen molar-refractivity contribution in [3.8, 4) is 0 Å². The van der Waals surface area contributed by atoms with Crippen LogP contribution in [-0.2, 0) is 0 Å². The maximum Gasteiger partial charge on any atom is 0.00926 e. The fraction of sp³-hybridized carbons (Fsp3) is 1.00. The van der Waals surface area contributed by atoms with Crippen molar-refractivity contribution in [2.75, 3.05) is 7.05 Å². The van der Waals surface area contributed by atoms with Crippen molar-refractivity contribution < 1.29 is 0 Å². The minimum atomic E-state index is 0.668. The third-order valence-electron chi connectivity index (χ3n) is 7.72. The summed E-state index contributed by atoms with van der Waals surface area (Å²) in [5, 5.41) is 3.63. The summed E-state index contributed by atoms with van der Waals surface area (Å²) in [6.45, 7) is 2.47. The molecule has 0 heterocycles. The predicted octanol–water partition coefficient (Wildman–Crippen LogP) is 4.37. The molecular weight excluding hydrogens is 230 g/mol. The molecule has 3 atom stereocenters. The third-order valence-corrected chi connectivity index (χ3v) is 7.72. The van der Waals surface area contributed by atoms with E-state index >= 15 is 0 Å². The first-order valence-corrected chi connectivity index (χ1v) is 8.83. The van der Waals surface area contributed by atoms with Crippen LogP contribution in [0, 0.1) is 28.6 Å². The van der Waals surface area contributed by atoms with Crippen molar-refractivity contribution in [2.24, 2.45) is 28.6 Å². The SMILES string of the molecule is CNC(C)C12CC3CC(CC(C4CCCC4)(C3)C1)C2. The van der Waals surface area contributed by atoms with Gasteiger partial charge in [-0.3, -0.25) is 0 Å². The molecule has 0 spiro atoms. The summed E-state index contributed by atoms with van der Waals surface area (Å²) < 4.78 is 0. The molecule has 4 bridgehead atoms.